The topological polar surface area (TPSA) is 26.3 Å². The zero-order chi connectivity index (χ0) is 11.5. The number of rotatable bonds is 2. The Morgan fingerprint density at radius 3 is 2.94 bits per heavy atom. The van der Waals surface area contributed by atoms with Crippen LogP contribution in [0.3, 0.4) is 0 Å². The first-order valence-electron chi connectivity index (χ1n) is 5.56. The summed E-state index contributed by atoms with van der Waals surface area (Å²) in [6, 6.07) is 5.42. The van der Waals surface area contributed by atoms with Gasteiger partial charge in [-0.15, -0.1) is 0 Å². The van der Waals surface area contributed by atoms with Crippen molar-refractivity contribution in [3.63, 3.8) is 0 Å². The van der Waals surface area contributed by atoms with Crippen LogP contribution in [-0.2, 0) is 4.74 Å². The van der Waals surface area contributed by atoms with Crippen LogP contribution >= 0.6 is 11.6 Å². The number of hydrogen-bond donors (Lipinski definition) is 0. The van der Waals surface area contributed by atoms with E-state index in [1.165, 1.54) is 0 Å². The molecule has 1 heterocycles. The second kappa shape index (κ2) is 4.98. The predicted molar refractivity (Wildman–Crippen MR) is 64.1 cm³/mol. The first-order valence-corrected chi connectivity index (χ1v) is 5.94. The molecule has 2 nitrogen and oxygen atoms in total. The van der Waals surface area contributed by atoms with Crippen LogP contribution < -0.4 is 0 Å². The Morgan fingerprint density at radius 1 is 1.50 bits per heavy atom. The number of Topliss-reactive ketones (excluding diaryl/α,β-unsaturated/α-hetero) is 1. The second-order valence-electron chi connectivity index (χ2n) is 4.24. The average Bonchev–Trinajstić information content (AvgIpc) is 2.29. The molecule has 1 aromatic carbocycles. The molecule has 16 heavy (non-hydrogen) atoms. The van der Waals surface area contributed by atoms with Crippen LogP contribution in [0.15, 0.2) is 18.2 Å². The molecule has 1 aliphatic heterocycles. The fourth-order valence-electron chi connectivity index (χ4n) is 2.07. The predicted octanol–water partition coefficient (Wildman–Crippen LogP) is 3.26. The highest BCUT2D eigenvalue weighted by Crippen LogP contribution is 2.22. The van der Waals surface area contributed by atoms with Crippen LogP contribution in [0, 0.1) is 12.8 Å². The lowest BCUT2D eigenvalue weighted by Crippen LogP contribution is -2.25. The van der Waals surface area contributed by atoms with Crippen LogP contribution in [0.1, 0.15) is 28.8 Å². The molecule has 1 saturated heterocycles. The Balaban J connectivity index is 2.19. The largest absolute Gasteiger partial charge is 0.381 e. The minimum atomic E-state index is 0.0219. The van der Waals surface area contributed by atoms with Gasteiger partial charge in [0.05, 0.1) is 6.61 Å². The first kappa shape index (κ1) is 11.6. The molecule has 0 saturated carbocycles. The maximum Gasteiger partial charge on any atom is 0.168 e. The molecule has 3 heteroatoms. The molecular weight excluding hydrogens is 224 g/mol. The summed E-state index contributed by atoms with van der Waals surface area (Å²) >= 11 is 5.87. The zero-order valence-corrected chi connectivity index (χ0v) is 10.1. The third-order valence-corrected chi connectivity index (χ3v) is 3.22. The van der Waals surface area contributed by atoms with E-state index in [0.717, 1.165) is 30.6 Å². The van der Waals surface area contributed by atoms with Gasteiger partial charge in [-0.3, -0.25) is 4.79 Å². The fourth-order valence-corrected chi connectivity index (χ4v) is 2.30. The van der Waals surface area contributed by atoms with Gasteiger partial charge in [-0.25, -0.2) is 0 Å². The fraction of sp³-hybridized carbons (Fsp3) is 0.462. The smallest absolute Gasteiger partial charge is 0.168 e. The van der Waals surface area contributed by atoms with Gasteiger partial charge in [0.1, 0.15) is 0 Å². The van der Waals surface area contributed by atoms with Crippen molar-refractivity contribution in [1.29, 1.82) is 0 Å². The van der Waals surface area contributed by atoms with E-state index in [0.29, 0.717) is 11.6 Å². The second-order valence-corrected chi connectivity index (χ2v) is 4.67. The van der Waals surface area contributed by atoms with Gasteiger partial charge in [0.25, 0.3) is 0 Å². The molecule has 0 aliphatic carbocycles. The van der Waals surface area contributed by atoms with Crippen molar-refractivity contribution >= 4 is 17.4 Å². The Hall–Kier alpha value is -0.860. The lowest BCUT2D eigenvalue weighted by atomic mass is 9.91. The molecule has 1 aromatic rings. The van der Waals surface area contributed by atoms with E-state index in [4.69, 9.17) is 16.3 Å². The number of carbonyl (C=O) groups excluding carboxylic acids is 1. The van der Waals surface area contributed by atoms with E-state index in [2.05, 4.69) is 0 Å². The monoisotopic (exact) mass is 238 g/mol. The Morgan fingerprint density at radius 2 is 2.31 bits per heavy atom. The molecular formula is C13H15ClO2. The Kier molecular flexibility index (Phi) is 3.62. The van der Waals surface area contributed by atoms with Crippen molar-refractivity contribution in [3.8, 4) is 0 Å². The number of ketones is 1. The summed E-state index contributed by atoms with van der Waals surface area (Å²) in [4.78, 5) is 12.2. The molecule has 0 N–H and O–H groups in total. The number of benzene rings is 1. The molecule has 1 fully saturated rings. The summed E-state index contributed by atoms with van der Waals surface area (Å²) in [5, 5.41) is 0.675. The SMILES string of the molecule is Cc1cc(Cl)ccc1C(=O)C1CCCOC1. The molecule has 0 bridgehead atoms. The van der Waals surface area contributed by atoms with Crippen molar-refractivity contribution in [2.75, 3.05) is 13.2 Å². The van der Waals surface area contributed by atoms with Crippen LogP contribution in [0.5, 0.6) is 0 Å². The normalized spacial score (nSPS) is 20.8. The van der Waals surface area contributed by atoms with Gasteiger partial charge in [0.15, 0.2) is 5.78 Å². The van der Waals surface area contributed by atoms with Crippen LogP contribution in [0.2, 0.25) is 5.02 Å². The van der Waals surface area contributed by atoms with Crippen LogP contribution in [0.25, 0.3) is 0 Å². The number of hydrogen-bond acceptors (Lipinski definition) is 2. The standard InChI is InChI=1S/C13H15ClO2/c1-9-7-11(14)4-5-12(9)13(15)10-3-2-6-16-8-10/h4-5,7,10H,2-3,6,8H2,1H3. The zero-order valence-electron chi connectivity index (χ0n) is 9.33. The van der Waals surface area contributed by atoms with Crippen molar-refractivity contribution in [1.82, 2.24) is 0 Å². The van der Waals surface area contributed by atoms with E-state index < -0.39 is 0 Å². The van der Waals surface area contributed by atoms with Crippen molar-refractivity contribution < 1.29 is 9.53 Å². The van der Waals surface area contributed by atoms with E-state index in [1.807, 2.05) is 19.1 Å². The van der Waals surface area contributed by atoms with Gasteiger partial charge in [-0.2, -0.15) is 0 Å². The van der Waals surface area contributed by atoms with E-state index in [1.54, 1.807) is 6.07 Å². The maximum atomic E-state index is 12.2. The molecule has 86 valence electrons. The van der Waals surface area contributed by atoms with Gasteiger partial charge < -0.3 is 4.74 Å². The molecule has 2 rings (SSSR count). The summed E-state index contributed by atoms with van der Waals surface area (Å²) < 4.78 is 5.34. The maximum absolute atomic E-state index is 12.2. The summed E-state index contributed by atoms with van der Waals surface area (Å²) in [5.74, 6) is 0.211. The highest BCUT2D eigenvalue weighted by molar-refractivity contribution is 6.30. The van der Waals surface area contributed by atoms with Crippen molar-refractivity contribution in [3.05, 3.63) is 34.3 Å². The van der Waals surface area contributed by atoms with Gasteiger partial charge in [-0.05, 0) is 43.5 Å². The van der Waals surface area contributed by atoms with Gasteiger partial charge in [-0.1, -0.05) is 11.6 Å². The Bertz CT molecular complexity index is 395. The molecule has 1 aliphatic rings. The van der Waals surface area contributed by atoms with Crippen molar-refractivity contribution in [2.45, 2.75) is 19.8 Å². The van der Waals surface area contributed by atoms with Crippen LogP contribution in [-0.4, -0.2) is 19.0 Å². The third kappa shape index (κ3) is 2.45. The highest BCUT2D eigenvalue weighted by atomic mass is 35.5. The average molecular weight is 239 g/mol. The third-order valence-electron chi connectivity index (χ3n) is 2.98. The van der Waals surface area contributed by atoms with E-state index in [9.17, 15) is 4.79 Å². The number of ether oxygens (including phenoxy) is 1. The minimum Gasteiger partial charge on any atom is -0.381 e. The minimum absolute atomic E-state index is 0.0219. The summed E-state index contributed by atoms with van der Waals surface area (Å²) in [5.41, 5.74) is 1.72. The quantitative estimate of drug-likeness (QED) is 0.740. The van der Waals surface area contributed by atoms with Gasteiger partial charge in [0, 0.05) is 23.1 Å². The molecule has 0 aromatic heterocycles. The van der Waals surface area contributed by atoms with E-state index >= 15 is 0 Å². The first-order chi connectivity index (χ1) is 7.68. The summed E-state index contributed by atoms with van der Waals surface area (Å²) in [6.07, 6.45) is 1.91. The molecule has 0 spiro atoms. The number of halogens is 1. The Labute approximate surface area is 101 Å². The highest BCUT2D eigenvalue weighted by Gasteiger charge is 2.23. The molecule has 1 atom stereocenters. The van der Waals surface area contributed by atoms with Crippen LogP contribution in [0.4, 0.5) is 0 Å². The number of aryl methyl sites for hydroxylation is 1. The molecule has 1 unspecified atom stereocenters. The number of carbonyl (C=O) groups is 1. The summed E-state index contributed by atoms with van der Waals surface area (Å²) in [7, 11) is 0. The van der Waals surface area contributed by atoms with Crippen molar-refractivity contribution in [2.24, 2.45) is 5.92 Å². The summed E-state index contributed by atoms with van der Waals surface area (Å²) in [6.45, 7) is 3.26. The van der Waals surface area contributed by atoms with Gasteiger partial charge in [0.2, 0.25) is 0 Å². The lowest BCUT2D eigenvalue weighted by molar-refractivity contribution is 0.0461. The van der Waals surface area contributed by atoms with E-state index in [-0.39, 0.29) is 11.7 Å². The molecule has 0 amide bonds. The molecule has 0 radical (unpaired) electrons. The van der Waals surface area contributed by atoms with Gasteiger partial charge >= 0.3 is 0 Å². The lowest BCUT2D eigenvalue weighted by Gasteiger charge is -2.21.